The number of nitrogens with one attached hydrogen (secondary N) is 1. The lowest BCUT2D eigenvalue weighted by Gasteiger charge is -2.28. The average Bonchev–Trinajstić information content (AvgIpc) is 3.18. The normalized spacial score (nSPS) is 19.2. The van der Waals surface area contributed by atoms with E-state index in [1.807, 2.05) is 17.5 Å². The second-order valence-corrected chi connectivity index (χ2v) is 6.61. The average molecular weight is 305 g/mol. The second-order valence-electron chi connectivity index (χ2n) is 5.66. The molecule has 1 aliphatic heterocycles. The minimum atomic E-state index is 0.746. The molecule has 1 aliphatic rings. The fourth-order valence-corrected chi connectivity index (χ4v) is 3.53. The molecular formula is C16H23N3OS. The van der Waals surface area contributed by atoms with Crippen molar-refractivity contribution in [1.82, 2.24) is 15.2 Å². The minimum Gasteiger partial charge on any atom is -0.444 e. The van der Waals surface area contributed by atoms with E-state index in [1.54, 1.807) is 17.6 Å². The van der Waals surface area contributed by atoms with Crippen molar-refractivity contribution >= 4 is 11.3 Å². The van der Waals surface area contributed by atoms with Crippen LogP contribution in [0.3, 0.4) is 0 Å². The van der Waals surface area contributed by atoms with Crippen LogP contribution >= 0.6 is 11.3 Å². The first-order valence-electron chi connectivity index (χ1n) is 7.76. The van der Waals surface area contributed by atoms with Gasteiger partial charge in [-0.25, -0.2) is 4.98 Å². The van der Waals surface area contributed by atoms with Crippen LogP contribution in [0.5, 0.6) is 0 Å². The number of hydrogen-bond acceptors (Lipinski definition) is 5. The van der Waals surface area contributed by atoms with Crippen molar-refractivity contribution in [2.24, 2.45) is 5.92 Å². The van der Waals surface area contributed by atoms with E-state index in [-0.39, 0.29) is 0 Å². The highest BCUT2D eigenvalue weighted by Gasteiger charge is 2.17. The van der Waals surface area contributed by atoms with E-state index in [2.05, 4.69) is 22.1 Å². The molecule has 0 aliphatic carbocycles. The van der Waals surface area contributed by atoms with Crippen molar-refractivity contribution in [3.8, 4) is 10.8 Å². The van der Waals surface area contributed by atoms with E-state index in [0.717, 1.165) is 48.6 Å². The van der Waals surface area contributed by atoms with Gasteiger partial charge in [-0.1, -0.05) is 13.0 Å². The third-order valence-electron chi connectivity index (χ3n) is 4.03. The molecule has 1 N–H and O–H groups in total. The van der Waals surface area contributed by atoms with E-state index < -0.39 is 0 Å². The predicted octanol–water partition coefficient (Wildman–Crippen LogP) is 3.22. The molecule has 1 unspecified atom stereocenters. The Morgan fingerprint density at radius 1 is 1.52 bits per heavy atom. The maximum atomic E-state index is 5.60. The number of thiophene rings is 1. The number of hydrogen-bond donors (Lipinski definition) is 1. The van der Waals surface area contributed by atoms with Crippen LogP contribution in [0.15, 0.2) is 28.2 Å². The van der Waals surface area contributed by atoms with Gasteiger partial charge in [0.15, 0.2) is 0 Å². The fraction of sp³-hybridized carbons (Fsp3) is 0.562. The van der Waals surface area contributed by atoms with Crippen molar-refractivity contribution < 1.29 is 4.42 Å². The van der Waals surface area contributed by atoms with Gasteiger partial charge in [0.25, 0.3) is 0 Å². The van der Waals surface area contributed by atoms with Crippen LogP contribution in [0.1, 0.15) is 25.5 Å². The van der Waals surface area contributed by atoms with Gasteiger partial charge in [0.05, 0.1) is 10.6 Å². The van der Waals surface area contributed by atoms with Gasteiger partial charge in [0, 0.05) is 13.1 Å². The first kappa shape index (κ1) is 14.8. The lowest BCUT2D eigenvalue weighted by molar-refractivity contribution is 0.208. The molecule has 3 rings (SSSR count). The molecule has 0 spiro atoms. The molecule has 1 saturated heterocycles. The number of piperidine rings is 1. The summed E-state index contributed by atoms with van der Waals surface area (Å²) in [5, 5.41) is 5.54. The van der Waals surface area contributed by atoms with Gasteiger partial charge in [-0.2, -0.15) is 0 Å². The van der Waals surface area contributed by atoms with Crippen molar-refractivity contribution in [3.63, 3.8) is 0 Å². The molecule has 0 aromatic carbocycles. The van der Waals surface area contributed by atoms with Crippen LogP contribution in [0.25, 0.3) is 10.8 Å². The van der Waals surface area contributed by atoms with E-state index >= 15 is 0 Å². The van der Waals surface area contributed by atoms with Gasteiger partial charge < -0.3 is 9.73 Å². The molecule has 114 valence electrons. The fourth-order valence-electron chi connectivity index (χ4n) is 2.87. The molecule has 1 fully saturated rings. The summed E-state index contributed by atoms with van der Waals surface area (Å²) < 4.78 is 5.60. The lowest BCUT2D eigenvalue weighted by atomic mass is 9.99. The summed E-state index contributed by atoms with van der Waals surface area (Å²) in [4.78, 5) is 8.18. The molecule has 0 bridgehead atoms. The Bertz CT molecular complexity index is 531. The molecular weight excluding hydrogens is 282 g/mol. The Labute approximate surface area is 130 Å². The van der Waals surface area contributed by atoms with Gasteiger partial charge in [-0.3, -0.25) is 4.90 Å². The molecule has 0 saturated carbocycles. The first-order valence-corrected chi connectivity index (χ1v) is 8.64. The monoisotopic (exact) mass is 305 g/mol. The third-order valence-corrected chi connectivity index (χ3v) is 4.89. The quantitative estimate of drug-likeness (QED) is 0.889. The Hall–Kier alpha value is -1.17. The van der Waals surface area contributed by atoms with Gasteiger partial charge in [-0.05, 0) is 49.8 Å². The van der Waals surface area contributed by atoms with Crippen LogP contribution in [0, 0.1) is 5.92 Å². The summed E-state index contributed by atoms with van der Waals surface area (Å²) in [6.07, 6.45) is 4.44. The minimum absolute atomic E-state index is 0.746. The zero-order valence-electron chi connectivity index (χ0n) is 12.5. The predicted molar refractivity (Wildman–Crippen MR) is 86.4 cm³/mol. The van der Waals surface area contributed by atoms with Crippen LogP contribution in [-0.2, 0) is 6.54 Å². The molecule has 4 nitrogen and oxygen atoms in total. The highest BCUT2D eigenvalue weighted by Crippen LogP contribution is 2.24. The SMILES string of the molecule is CCN(Cc1coc(-c2cccs2)n1)CC1CCCNC1. The van der Waals surface area contributed by atoms with Gasteiger partial charge in [0.1, 0.15) is 6.26 Å². The molecule has 0 radical (unpaired) electrons. The molecule has 21 heavy (non-hydrogen) atoms. The topological polar surface area (TPSA) is 41.3 Å². The summed E-state index contributed by atoms with van der Waals surface area (Å²) in [5.74, 6) is 1.51. The molecule has 2 aromatic heterocycles. The van der Waals surface area contributed by atoms with E-state index in [9.17, 15) is 0 Å². The Balaban J connectivity index is 1.58. The van der Waals surface area contributed by atoms with Crippen molar-refractivity contribution in [3.05, 3.63) is 29.5 Å². The van der Waals surface area contributed by atoms with Crippen LogP contribution in [0.4, 0.5) is 0 Å². The molecule has 2 aromatic rings. The third kappa shape index (κ3) is 3.93. The lowest BCUT2D eigenvalue weighted by Crippen LogP contribution is -2.38. The highest BCUT2D eigenvalue weighted by molar-refractivity contribution is 7.13. The Morgan fingerprint density at radius 2 is 2.48 bits per heavy atom. The van der Waals surface area contributed by atoms with Crippen molar-refractivity contribution in [2.75, 3.05) is 26.2 Å². The number of aromatic nitrogens is 1. The summed E-state index contributed by atoms with van der Waals surface area (Å²) >= 11 is 1.66. The standard InChI is InChI=1S/C16H23N3OS/c1-2-19(10-13-5-3-7-17-9-13)11-14-12-20-16(18-14)15-6-4-8-21-15/h4,6,8,12-13,17H,2-3,5,7,9-11H2,1H3. The molecule has 3 heterocycles. The zero-order chi connectivity index (χ0) is 14.5. The number of rotatable bonds is 6. The van der Waals surface area contributed by atoms with Crippen LogP contribution in [0.2, 0.25) is 0 Å². The van der Waals surface area contributed by atoms with Gasteiger partial charge >= 0.3 is 0 Å². The summed E-state index contributed by atoms with van der Waals surface area (Å²) in [5.41, 5.74) is 1.03. The van der Waals surface area contributed by atoms with E-state index in [4.69, 9.17) is 4.42 Å². The highest BCUT2D eigenvalue weighted by atomic mass is 32.1. The summed E-state index contributed by atoms with van der Waals surface area (Å²) in [7, 11) is 0. The zero-order valence-corrected chi connectivity index (χ0v) is 13.4. The number of oxazole rings is 1. The first-order chi connectivity index (χ1) is 10.3. The number of nitrogens with zero attached hydrogens (tertiary/aromatic N) is 2. The maximum Gasteiger partial charge on any atom is 0.236 e. The molecule has 0 amide bonds. The van der Waals surface area contributed by atoms with Gasteiger partial charge in [-0.15, -0.1) is 11.3 Å². The summed E-state index contributed by atoms with van der Waals surface area (Å²) in [6.45, 7) is 7.62. The summed E-state index contributed by atoms with van der Waals surface area (Å²) in [6, 6.07) is 4.07. The smallest absolute Gasteiger partial charge is 0.236 e. The van der Waals surface area contributed by atoms with E-state index in [1.165, 1.54) is 19.4 Å². The molecule has 5 heteroatoms. The Kier molecular flexibility index (Phi) is 5.06. The Morgan fingerprint density at radius 3 is 3.19 bits per heavy atom. The van der Waals surface area contributed by atoms with Crippen LogP contribution < -0.4 is 5.32 Å². The largest absolute Gasteiger partial charge is 0.444 e. The van der Waals surface area contributed by atoms with Crippen molar-refractivity contribution in [2.45, 2.75) is 26.3 Å². The van der Waals surface area contributed by atoms with Crippen LogP contribution in [-0.4, -0.2) is 36.1 Å². The van der Waals surface area contributed by atoms with E-state index in [0.29, 0.717) is 0 Å². The van der Waals surface area contributed by atoms with Crippen molar-refractivity contribution in [1.29, 1.82) is 0 Å². The second kappa shape index (κ2) is 7.20. The molecule has 1 atom stereocenters. The maximum absolute atomic E-state index is 5.60. The van der Waals surface area contributed by atoms with Gasteiger partial charge in [0.2, 0.25) is 5.89 Å².